The van der Waals surface area contributed by atoms with Crippen molar-refractivity contribution in [1.29, 1.82) is 0 Å². The van der Waals surface area contributed by atoms with Gasteiger partial charge in [0.25, 0.3) is 0 Å². The number of allylic oxidation sites excluding steroid dienone is 1. The minimum Gasteiger partial charge on any atom is -0.379 e. The first-order valence-electron chi connectivity index (χ1n) is 6.08. The highest BCUT2D eigenvalue weighted by Gasteiger charge is 1.98. The average Bonchev–Trinajstić information content (AvgIpc) is 2.29. The summed E-state index contributed by atoms with van der Waals surface area (Å²) in [7, 11) is 2.10. The first kappa shape index (κ1) is 12.8. The van der Waals surface area contributed by atoms with Crippen LogP contribution >= 0.6 is 0 Å². The highest BCUT2D eigenvalue weighted by atomic mass is 15.1. The summed E-state index contributed by atoms with van der Waals surface area (Å²) in [6, 6.07) is 8.97. The quantitative estimate of drug-likeness (QED) is 0.703. The Bertz CT molecular complexity index is 324. The van der Waals surface area contributed by atoms with Gasteiger partial charge in [-0.25, -0.2) is 0 Å². The molecule has 1 rings (SSSR count). The molecule has 0 aromatic heterocycles. The van der Waals surface area contributed by atoms with Crippen molar-refractivity contribution >= 4 is 0 Å². The lowest BCUT2D eigenvalue weighted by Gasteiger charge is -2.18. The summed E-state index contributed by atoms with van der Waals surface area (Å²) >= 11 is 0. The van der Waals surface area contributed by atoms with E-state index in [1.165, 1.54) is 17.5 Å². The third kappa shape index (κ3) is 4.09. The molecule has 88 valence electrons. The fourth-order valence-electron chi connectivity index (χ4n) is 1.65. The largest absolute Gasteiger partial charge is 0.379 e. The van der Waals surface area contributed by atoms with Gasteiger partial charge in [0.2, 0.25) is 0 Å². The van der Waals surface area contributed by atoms with Gasteiger partial charge < -0.3 is 4.90 Å². The molecule has 1 nitrogen and oxygen atoms in total. The van der Waals surface area contributed by atoms with Crippen molar-refractivity contribution in [3.05, 3.63) is 47.7 Å². The fourth-order valence-corrected chi connectivity index (χ4v) is 1.65. The number of hydrogen-bond donors (Lipinski definition) is 0. The molecule has 0 bridgehead atoms. The summed E-state index contributed by atoms with van der Waals surface area (Å²) < 4.78 is 0. The van der Waals surface area contributed by atoms with Crippen LogP contribution in [0.15, 0.2) is 36.5 Å². The normalized spacial score (nSPS) is 10.2. The summed E-state index contributed by atoms with van der Waals surface area (Å²) in [6.45, 7) is 9.26. The van der Waals surface area contributed by atoms with Crippen LogP contribution in [0.5, 0.6) is 0 Å². The van der Waals surface area contributed by atoms with Crippen molar-refractivity contribution in [1.82, 2.24) is 4.90 Å². The second-order valence-corrected chi connectivity index (χ2v) is 4.43. The SMILES string of the molecule is C=C(C)N(C)CCCc1ccc(CC)cc1. The van der Waals surface area contributed by atoms with E-state index in [0.717, 1.165) is 25.1 Å². The van der Waals surface area contributed by atoms with E-state index in [1.54, 1.807) is 0 Å². The van der Waals surface area contributed by atoms with Crippen LogP contribution in [0.4, 0.5) is 0 Å². The molecule has 0 aliphatic rings. The summed E-state index contributed by atoms with van der Waals surface area (Å²) in [5.41, 5.74) is 4.00. The Labute approximate surface area is 99.8 Å². The summed E-state index contributed by atoms with van der Waals surface area (Å²) in [5, 5.41) is 0. The third-order valence-corrected chi connectivity index (χ3v) is 3.04. The Balaban J connectivity index is 2.34. The lowest BCUT2D eigenvalue weighted by Crippen LogP contribution is -2.16. The van der Waals surface area contributed by atoms with Gasteiger partial charge in [-0.1, -0.05) is 37.8 Å². The van der Waals surface area contributed by atoms with E-state index in [1.807, 2.05) is 0 Å². The zero-order valence-electron chi connectivity index (χ0n) is 10.8. The van der Waals surface area contributed by atoms with Gasteiger partial charge in [0.05, 0.1) is 0 Å². The zero-order valence-corrected chi connectivity index (χ0v) is 10.8. The molecule has 1 heteroatoms. The van der Waals surface area contributed by atoms with Crippen LogP contribution in [-0.2, 0) is 12.8 Å². The van der Waals surface area contributed by atoms with E-state index in [4.69, 9.17) is 0 Å². The maximum atomic E-state index is 3.93. The van der Waals surface area contributed by atoms with E-state index in [-0.39, 0.29) is 0 Å². The number of nitrogens with zero attached hydrogens (tertiary/aromatic N) is 1. The van der Waals surface area contributed by atoms with Gasteiger partial charge in [0, 0.05) is 19.3 Å². The molecule has 0 spiro atoms. The Kier molecular flexibility index (Phi) is 5.10. The lowest BCUT2D eigenvalue weighted by molar-refractivity contribution is 0.411. The van der Waals surface area contributed by atoms with Gasteiger partial charge in [-0.2, -0.15) is 0 Å². The van der Waals surface area contributed by atoms with Crippen molar-refractivity contribution in [2.75, 3.05) is 13.6 Å². The molecule has 0 atom stereocenters. The van der Waals surface area contributed by atoms with Gasteiger partial charge in [-0.3, -0.25) is 0 Å². The zero-order chi connectivity index (χ0) is 12.0. The summed E-state index contributed by atoms with van der Waals surface area (Å²) in [6.07, 6.45) is 3.47. The second-order valence-electron chi connectivity index (χ2n) is 4.43. The molecule has 0 saturated carbocycles. The first-order valence-corrected chi connectivity index (χ1v) is 6.08. The Hall–Kier alpha value is -1.24. The number of hydrogen-bond acceptors (Lipinski definition) is 1. The monoisotopic (exact) mass is 217 g/mol. The highest BCUT2D eigenvalue weighted by molar-refractivity contribution is 5.22. The van der Waals surface area contributed by atoms with Crippen LogP contribution in [-0.4, -0.2) is 18.5 Å². The molecule has 16 heavy (non-hydrogen) atoms. The van der Waals surface area contributed by atoms with Crippen LogP contribution in [0.25, 0.3) is 0 Å². The maximum absolute atomic E-state index is 3.93. The highest BCUT2D eigenvalue weighted by Crippen LogP contribution is 2.08. The molecule has 0 aliphatic carbocycles. The minimum atomic E-state index is 1.09. The van der Waals surface area contributed by atoms with Gasteiger partial charge in [0.15, 0.2) is 0 Å². The molecule has 0 unspecified atom stereocenters. The molecule has 0 fully saturated rings. The van der Waals surface area contributed by atoms with E-state index < -0.39 is 0 Å². The molecule has 0 N–H and O–H groups in total. The van der Waals surface area contributed by atoms with E-state index >= 15 is 0 Å². The van der Waals surface area contributed by atoms with Crippen LogP contribution < -0.4 is 0 Å². The van der Waals surface area contributed by atoms with E-state index in [2.05, 4.69) is 56.6 Å². The van der Waals surface area contributed by atoms with Crippen LogP contribution in [0.1, 0.15) is 31.4 Å². The smallest absolute Gasteiger partial charge is 0.0174 e. The Morgan fingerprint density at radius 1 is 1.19 bits per heavy atom. The van der Waals surface area contributed by atoms with Crippen molar-refractivity contribution in [2.24, 2.45) is 0 Å². The molecular formula is C15H23N. The number of aryl methyl sites for hydroxylation is 2. The van der Waals surface area contributed by atoms with Gasteiger partial charge in [-0.05, 0) is 37.3 Å². The number of rotatable bonds is 6. The molecule has 0 saturated heterocycles. The lowest BCUT2D eigenvalue weighted by atomic mass is 10.1. The Morgan fingerprint density at radius 2 is 1.75 bits per heavy atom. The predicted molar refractivity (Wildman–Crippen MR) is 71.6 cm³/mol. The van der Waals surface area contributed by atoms with Crippen LogP contribution in [0.2, 0.25) is 0 Å². The van der Waals surface area contributed by atoms with Gasteiger partial charge in [0.1, 0.15) is 0 Å². The molecule has 0 heterocycles. The van der Waals surface area contributed by atoms with E-state index in [9.17, 15) is 0 Å². The molecule has 0 amide bonds. The van der Waals surface area contributed by atoms with Gasteiger partial charge >= 0.3 is 0 Å². The molecule has 1 aromatic rings. The molecule has 0 aliphatic heterocycles. The molecular weight excluding hydrogens is 194 g/mol. The van der Waals surface area contributed by atoms with Crippen molar-refractivity contribution < 1.29 is 0 Å². The molecule has 0 radical (unpaired) electrons. The average molecular weight is 217 g/mol. The van der Waals surface area contributed by atoms with Gasteiger partial charge in [-0.15, -0.1) is 0 Å². The number of benzene rings is 1. The second kappa shape index (κ2) is 6.37. The first-order chi connectivity index (χ1) is 7.63. The molecule has 1 aromatic carbocycles. The third-order valence-electron chi connectivity index (χ3n) is 3.04. The topological polar surface area (TPSA) is 3.24 Å². The Morgan fingerprint density at radius 3 is 2.25 bits per heavy atom. The van der Waals surface area contributed by atoms with Crippen LogP contribution in [0.3, 0.4) is 0 Å². The minimum absolute atomic E-state index is 1.09. The summed E-state index contributed by atoms with van der Waals surface area (Å²) in [5.74, 6) is 0. The van der Waals surface area contributed by atoms with Crippen LogP contribution in [0, 0.1) is 0 Å². The fraction of sp³-hybridized carbons (Fsp3) is 0.467. The van der Waals surface area contributed by atoms with E-state index in [0.29, 0.717) is 0 Å². The summed E-state index contributed by atoms with van der Waals surface area (Å²) in [4.78, 5) is 2.21. The van der Waals surface area contributed by atoms with Crippen molar-refractivity contribution in [3.63, 3.8) is 0 Å². The van der Waals surface area contributed by atoms with Crippen molar-refractivity contribution in [2.45, 2.75) is 33.1 Å². The predicted octanol–water partition coefficient (Wildman–Crippen LogP) is 3.65. The van der Waals surface area contributed by atoms with Crippen molar-refractivity contribution in [3.8, 4) is 0 Å². The maximum Gasteiger partial charge on any atom is 0.0174 e. The standard InChI is InChI=1S/C15H23N/c1-5-14-8-10-15(11-9-14)7-6-12-16(4)13(2)3/h8-11H,2,5-7,12H2,1,3-4H3.